The number of hydrogen-bond acceptors (Lipinski definition) is 5. The topological polar surface area (TPSA) is 90.0 Å². The molecule has 1 heterocycles. The number of carboxylic acid groups (broad SMARTS) is 1. The van der Waals surface area contributed by atoms with Crippen LogP contribution in [0.2, 0.25) is 0 Å². The molecule has 2 N–H and O–H groups in total. The quantitative estimate of drug-likeness (QED) is 0.490. The van der Waals surface area contributed by atoms with Crippen LogP contribution in [0.3, 0.4) is 0 Å². The second kappa shape index (κ2) is 10.8. The Morgan fingerprint density at radius 2 is 1.66 bits per heavy atom. The number of amides is 2. The monoisotopic (exact) mass is 457 g/mol. The van der Waals surface area contributed by atoms with Gasteiger partial charge < -0.3 is 20.2 Å². The van der Waals surface area contributed by atoms with Gasteiger partial charge >= 0.3 is 5.97 Å². The van der Waals surface area contributed by atoms with Crippen LogP contribution in [0.5, 0.6) is 0 Å². The SMILES string of the molecule is C/C(=C\C(=O)Nc1ccc(SCC(=O)N2CCN(c3ccc(F)cc3)CC2)cc1)C(=O)O. The van der Waals surface area contributed by atoms with Crippen LogP contribution >= 0.6 is 11.8 Å². The molecule has 0 bridgehead atoms. The number of piperazine rings is 1. The molecular formula is C23H24FN3O4S. The summed E-state index contributed by atoms with van der Waals surface area (Å²) in [4.78, 5) is 40.0. The Labute approximate surface area is 189 Å². The number of thioether (sulfide) groups is 1. The van der Waals surface area contributed by atoms with Gasteiger partial charge in [-0.15, -0.1) is 11.8 Å². The highest BCUT2D eigenvalue weighted by atomic mass is 32.2. The summed E-state index contributed by atoms with van der Waals surface area (Å²) in [6.07, 6.45) is 1.03. The predicted octanol–water partition coefficient (Wildman–Crippen LogP) is 3.24. The van der Waals surface area contributed by atoms with E-state index < -0.39 is 11.9 Å². The molecule has 2 aromatic rings. The van der Waals surface area contributed by atoms with Crippen molar-refractivity contribution in [1.29, 1.82) is 0 Å². The summed E-state index contributed by atoms with van der Waals surface area (Å²) >= 11 is 1.41. The molecule has 0 radical (unpaired) electrons. The number of nitrogens with zero attached hydrogens (tertiary/aromatic N) is 2. The van der Waals surface area contributed by atoms with Crippen molar-refractivity contribution in [2.45, 2.75) is 11.8 Å². The smallest absolute Gasteiger partial charge is 0.331 e. The van der Waals surface area contributed by atoms with Gasteiger partial charge in [-0.05, 0) is 55.5 Å². The standard InChI is InChI=1S/C23H24FN3O4S/c1-16(23(30)31)14-21(28)25-18-4-8-20(9-5-18)32-15-22(29)27-12-10-26(11-13-27)19-6-2-17(24)3-7-19/h2-9,14H,10-13,15H2,1H3,(H,25,28)(H,30,31)/b16-14+. The molecule has 168 valence electrons. The number of aliphatic carboxylic acids is 1. The van der Waals surface area contributed by atoms with Crippen molar-refractivity contribution in [2.24, 2.45) is 0 Å². The molecule has 3 rings (SSSR count). The molecule has 0 saturated carbocycles. The number of carbonyl (C=O) groups excluding carboxylic acids is 2. The predicted molar refractivity (Wildman–Crippen MR) is 122 cm³/mol. The second-order valence-corrected chi connectivity index (χ2v) is 8.33. The maximum absolute atomic E-state index is 13.1. The van der Waals surface area contributed by atoms with Crippen molar-refractivity contribution < 1.29 is 23.9 Å². The van der Waals surface area contributed by atoms with Crippen LogP contribution in [-0.4, -0.2) is 59.7 Å². The molecule has 1 saturated heterocycles. The molecule has 0 aliphatic carbocycles. The normalized spacial score (nSPS) is 14.2. The average Bonchev–Trinajstić information content (AvgIpc) is 2.79. The molecule has 0 unspecified atom stereocenters. The molecule has 0 atom stereocenters. The molecule has 2 aromatic carbocycles. The number of benzene rings is 2. The van der Waals surface area contributed by atoms with Crippen LogP contribution in [0.4, 0.5) is 15.8 Å². The highest BCUT2D eigenvalue weighted by Gasteiger charge is 2.21. The second-order valence-electron chi connectivity index (χ2n) is 7.28. The van der Waals surface area contributed by atoms with Gasteiger partial charge in [0.1, 0.15) is 5.82 Å². The van der Waals surface area contributed by atoms with Crippen LogP contribution < -0.4 is 10.2 Å². The van der Waals surface area contributed by atoms with E-state index in [2.05, 4.69) is 10.2 Å². The van der Waals surface area contributed by atoms with E-state index in [1.165, 1.54) is 30.8 Å². The third-order valence-electron chi connectivity index (χ3n) is 4.99. The third-order valence-corrected chi connectivity index (χ3v) is 5.99. The van der Waals surface area contributed by atoms with Crippen LogP contribution in [0.15, 0.2) is 65.1 Å². The highest BCUT2D eigenvalue weighted by molar-refractivity contribution is 8.00. The van der Waals surface area contributed by atoms with Crippen LogP contribution in [0.1, 0.15) is 6.92 Å². The van der Waals surface area contributed by atoms with Crippen LogP contribution in [-0.2, 0) is 14.4 Å². The molecule has 7 nitrogen and oxygen atoms in total. The van der Waals surface area contributed by atoms with Crippen molar-refractivity contribution in [2.75, 3.05) is 42.1 Å². The minimum Gasteiger partial charge on any atom is -0.478 e. The number of anilines is 2. The van der Waals surface area contributed by atoms with Crippen molar-refractivity contribution in [3.63, 3.8) is 0 Å². The highest BCUT2D eigenvalue weighted by Crippen LogP contribution is 2.22. The minimum absolute atomic E-state index is 0.0494. The number of rotatable bonds is 7. The van der Waals surface area contributed by atoms with Gasteiger partial charge in [-0.3, -0.25) is 9.59 Å². The van der Waals surface area contributed by atoms with E-state index in [9.17, 15) is 18.8 Å². The molecule has 1 fully saturated rings. The van der Waals surface area contributed by atoms with Crippen molar-refractivity contribution in [1.82, 2.24) is 4.90 Å². The molecule has 1 aliphatic rings. The number of hydrogen-bond donors (Lipinski definition) is 2. The molecule has 1 aliphatic heterocycles. The van der Waals surface area contributed by atoms with Gasteiger partial charge in [-0.25, -0.2) is 9.18 Å². The fraction of sp³-hybridized carbons (Fsp3) is 0.261. The number of nitrogens with one attached hydrogen (secondary N) is 1. The van der Waals surface area contributed by atoms with Crippen LogP contribution in [0.25, 0.3) is 0 Å². The van der Waals surface area contributed by atoms with Gasteiger partial charge in [0.2, 0.25) is 11.8 Å². The summed E-state index contributed by atoms with van der Waals surface area (Å²) in [5, 5.41) is 11.4. The maximum Gasteiger partial charge on any atom is 0.331 e. The first-order valence-electron chi connectivity index (χ1n) is 10.1. The number of carbonyl (C=O) groups is 3. The Bertz CT molecular complexity index is 1000. The first-order chi connectivity index (χ1) is 15.3. The lowest BCUT2D eigenvalue weighted by molar-refractivity contribution is -0.133. The summed E-state index contributed by atoms with van der Waals surface area (Å²) in [5.41, 5.74) is 1.44. The molecule has 0 aromatic heterocycles. The van der Waals surface area contributed by atoms with E-state index in [1.807, 2.05) is 4.90 Å². The van der Waals surface area contributed by atoms with Crippen molar-refractivity contribution in [3.8, 4) is 0 Å². The lowest BCUT2D eigenvalue weighted by Crippen LogP contribution is -2.49. The minimum atomic E-state index is -1.14. The fourth-order valence-electron chi connectivity index (χ4n) is 3.17. The van der Waals surface area contributed by atoms with E-state index in [0.29, 0.717) is 37.6 Å². The zero-order chi connectivity index (χ0) is 23.1. The Morgan fingerprint density at radius 3 is 2.25 bits per heavy atom. The molecule has 32 heavy (non-hydrogen) atoms. The summed E-state index contributed by atoms with van der Waals surface area (Å²) in [6.45, 7) is 3.98. The summed E-state index contributed by atoms with van der Waals surface area (Å²) in [7, 11) is 0. The lowest BCUT2D eigenvalue weighted by atomic mass is 10.2. The van der Waals surface area contributed by atoms with Gasteiger partial charge in [-0.1, -0.05) is 0 Å². The Kier molecular flexibility index (Phi) is 7.88. The average molecular weight is 458 g/mol. The van der Waals surface area contributed by atoms with E-state index in [4.69, 9.17) is 5.11 Å². The molecular weight excluding hydrogens is 433 g/mol. The lowest BCUT2D eigenvalue weighted by Gasteiger charge is -2.36. The number of carboxylic acids is 1. The van der Waals surface area contributed by atoms with Crippen molar-refractivity contribution >= 4 is 40.9 Å². The first kappa shape index (κ1) is 23.3. The van der Waals surface area contributed by atoms with E-state index >= 15 is 0 Å². The van der Waals surface area contributed by atoms with Gasteiger partial charge in [0.25, 0.3) is 0 Å². The van der Waals surface area contributed by atoms with Crippen LogP contribution in [0, 0.1) is 5.82 Å². The van der Waals surface area contributed by atoms with Gasteiger partial charge in [0, 0.05) is 54.1 Å². The summed E-state index contributed by atoms with van der Waals surface area (Å²) < 4.78 is 13.1. The van der Waals surface area contributed by atoms with E-state index in [1.54, 1.807) is 36.4 Å². The first-order valence-corrected chi connectivity index (χ1v) is 11.0. The van der Waals surface area contributed by atoms with Gasteiger partial charge in [0.15, 0.2) is 0 Å². The fourth-order valence-corrected chi connectivity index (χ4v) is 3.97. The Hall–Kier alpha value is -3.33. The zero-order valence-corrected chi connectivity index (χ0v) is 18.4. The van der Waals surface area contributed by atoms with Crippen molar-refractivity contribution in [3.05, 3.63) is 66.0 Å². The largest absolute Gasteiger partial charge is 0.478 e. The van der Waals surface area contributed by atoms with Gasteiger partial charge in [0.05, 0.1) is 5.75 Å². The third kappa shape index (κ3) is 6.58. The maximum atomic E-state index is 13.1. The molecule has 2 amide bonds. The van der Waals surface area contributed by atoms with Gasteiger partial charge in [-0.2, -0.15) is 0 Å². The van der Waals surface area contributed by atoms with E-state index in [-0.39, 0.29) is 17.3 Å². The Morgan fingerprint density at radius 1 is 1.03 bits per heavy atom. The van der Waals surface area contributed by atoms with E-state index in [0.717, 1.165) is 16.7 Å². The molecule has 9 heteroatoms. The summed E-state index contributed by atoms with van der Waals surface area (Å²) in [5.74, 6) is -1.56. The summed E-state index contributed by atoms with van der Waals surface area (Å²) in [6, 6.07) is 13.4. The Balaban J connectivity index is 1.44. The molecule has 0 spiro atoms. The zero-order valence-electron chi connectivity index (χ0n) is 17.6. The number of halogens is 1.